The number of halogens is 1. The number of nitrogens with one attached hydrogen (secondary N) is 1. The van der Waals surface area contributed by atoms with E-state index in [0.29, 0.717) is 18.7 Å². The number of nitrogens with zero attached hydrogens (tertiary/aromatic N) is 1. The average molecular weight is 403 g/mol. The highest BCUT2D eigenvalue weighted by Crippen LogP contribution is 2.23. The van der Waals surface area contributed by atoms with Gasteiger partial charge in [-0.25, -0.2) is 0 Å². The summed E-state index contributed by atoms with van der Waals surface area (Å²) in [6, 6.07) is 24.2. The van der Waals surface area contributed by atoms with Gasteiger partial charge in [0.2, 0.25) is 0 Å². The second-order valence-electron chi connectivity index (χ2n) is 7.31. The number of para-hydroxylation sites is 1. The molecule has 0 aliphatic carbocycles. The molecule has 1 amide bonds. The number of carbonyl (C=O) groups is 1. The highest BCUT2D eigenvalue weighted by atomic mass is 35.5. The van der Waals surface area contributed by atoms with Crippen LogP contribution in [-0.2, 0) is 13.0 Å². The lowest BCUT2D eigenvalue weighted by Gasteiger charge is -2.06. The molecule has 29 heavy (non-hydrogen) atoms. The first-order valence-electron chi connectivity index (χ1n) is 9.76. The number of fused-ring (bicyclic) bond motifs is 1. The number of aromatic nitrogens is 1. The normalized spacial score (nSPS) is 11.0. The molecule has 0 saturated heterocycles. The highest BCUT2D eigenvalue weighted by Gasteiger charge is 2.14. The summed E-state index contributed by atoms with van der Waals surface area (Å²) in [7, 11) is 0. The van der Waals surface area contributed by atoms with E-state index < -0.39 is 0 Å². The van der Waals surface area contributed by atoms with E-state index in [2.05, 4.69) is 41.1 Å². The highest BCUT2D eigenvalue weighted by molar-refractivity contribution is 6.30. The van der Waals surface area contributed by atoms with Gasteiger partial charge >= 0.3 is 0 Å². The molecule has 1 aromatic heterocycles. The van der Waals surface area contributed by atoms with E-state index in [1.807, 2.05) is 54.7 Å². The number of hydrogen-bond donors (Lipinski definition) is 1. The number of rotatable bonds is 6. The Morgan fingerprint density at radius 3 is 2.38 bits per heavy atom. The lowest BCUT2D eigenvalue weighted by molar-refractivity contribution is 0.0955. The SMILES string of the molecule is Cc1ccc(CCNC(=O)c2cn(Cc3ccc(Cl)cc3)c3ccccc23)cc1. The van der Waals surface area contributed by atoms with Crippen LogP contribution >= 0.6 is 11.6 Å². The average Bonchev–Trinajstić information content (AvgIpc) is 3.10. The number of hydrogen-bond acceptors (Lipinski definition) is 1. The molecule has 0 aliphatic heterocycles. The largest absolute Gasteiger partial charge is 0.352 e. The molecule has 0 spiro atoms. The third-order valence-electron chi connectivity index (χ3n) is 5.12. The molecule has 0 aliphatic rings. The number of amides is 1. The van der Waals surface area contributed by atoms with Gasteiger partial charge in [0.1, 0.15) is 0 Å². The molecule has 4 heteroatoms. The maximum atomic E-state index is 12.9. The Morgan fingerprint density at radius 1 is 0.931 bits per heavy atom. The van der Waals surface area contributed by atoms with Crippen LogP contribution in [0.5, 0.6) is 0 Å². The van der Waals surface area contributed by atoms with Gasteiger partial charge in [0.25, 0.3) is 5.91 Å². The fourth-order valence-corrected chi connectivity index (χ4v) is 3.64. The van der Waals surface area contributed by atoms with Crippen molar-refractivity contribution in [3.8, 4) is 0 Å². The van der Waals surface area contributed by atoms with Crippen molar-refractivity contribution in [3.63, 3.8) is 0 Å². The molecule has 4 rings (SSSR count). The monoisotopic (exact) mass is 402 g/mol. The van der Waals surface area contributed by atoms with Gasteiger partial charge < -0.3 is 9.88 Å². The van der Waals surface area contributed by atoms with Gasteiger partial charge in [-0.1, -0.05) is 71.8 Å². The van der Waals surface area contributed by atoms with E-state index in [4.69, 9.17) is 11.6 Å². The van der Waals surface area contributed by atoms with Gasteiger partial charge in [0, 0.05) is 35.2 Å². The maximum Gasteiger partial charge on any atom is 0.253 e. The number of carbonyl (C=O) groups excluding carboxylic acids is 1. The summed E-state index contributed by atoms with van der Waals surface area (Å²) in [5.41, 5.74) is 5.36. The molecular formula is C25H23ClN2O. The van der Waals surface area contributed by atoms with Crippen molar-refractivity contribution in [2.24, 2.45) is 0 Å². The Labute approximate surface area is 175 Å². The summed E-state index contributed by atoms with van der Waals surface area (Å²) in [6.45, 7) is 3.37. The first-order chi connectivity index (χ1) is 14.1. The van der Waals surface area contributed by atoms with Crippen LogP contribution in [0.2, 0.25) is 5.02 Å². The van der Waals surface area contributed by atoms with Gasteiger partial charge in [-0.3, -0.25) is 4.79 Å². The Hall–Kier alpha value is -3.04. The molecule has 0 radical (unpaired) electrons. The molecule has 4 aromatic rings. The van der Waals surface area contributed by atoms with Crippen molar-refractivity contribution in [1.29, 1.82) is 0 Å². The Kier molecular flexibility index (Phi) is 5.68. The van der Waals surface area contributed by atoms with Gasteiger partial charge in [-0.15, -0.1) is 0 Å². The van der Waals surface area contributed by atoms with E-state index in [-0.39, 0.29) is 5.91 Å². The van der Waals surface area contributed by atoms with Crippen molar-refractivity contribution in [2.45, 2.75) is 19.9 Å². The summed E-state index contributed by atoms with van der Waals surface area (Å²) in [5.74, 6) is -0.0387. The summed E-state index contributed by atoms with van der Waals surface area (Å²) >= 11 is 6.00. The molecule has 0 unspecified atom stereocenters. The van der Waals surface area contributed by atoms with Crippen LogP contribution in [0.15, 0.2) is 79.0 Å². The molecule has 0 atom stereocenters. The van der Waals surface area contributed by atoms with E-state index in [1.165, 1.54) is 11.1 Å². The standard InChI is InChI=1S/C25H23ClN2O/c1-18-6-8-19(9-7-18)14-15-27-25(29)23-17-28(24-5-3-2-4-22(23)24)16-20-10-12-21(26)13-11-20/h2-13,17H,14-16H2,1H3,(H,27,29). The van der Waals surface area contributed by atoms with Gasteiger partial charge in [0.15, 0.2) is 0 Å². The van der Waals surface area contributed by atoms with E-state index in [0.717, 1.165) is 27.9 Å². The van der Waals surface area contributed by atoms with Crippen molar-refractivity contribution >= 4 is 28.4 Å². The maximum absolute atomic E-state index is 12.9. The molecule has 1 N–H and O–H groups in total. The van der Waals surface area contributed by atoms with Crippen molar-refractivity contribution < 1.29 is 4.79 Å². The smallest absolute Gasteiger partial charge is 0.253 e. The van der Waals surface area contributed by atoms with Crippen molar-refractivity contribution in [1.82, 2.24) is 9.88 Å². The first-order valence-corrected chi connectivity index (χ1v) is 10.1. The third kappa shape index (κ3) is 4.52. The number of aryl methyl sites for hydroxylation is 1. The van der Waals surface area contributed by atoms with E-state index in [9.17, 15) is 4.79 Å². The van der Waals surface area contributed by atoms with Crippen molar-refractivity contribution in [2.75, 3.05) is 6.54 Å². The lowest BCUT2D eigenvalue weighted by Crippen LogP contribution is -2.25. The Morgan fingerprint density at radius 2 is 1.62 bits per heavy atom. The molecule has 146 valence electrons. The summed E-state index contributed by atoms with van der Waals surface area (Å²) in [6.07, 6.45) is 2.76. The first kappa shape index (κ1) is 19.3. The Balaban J connectivity index is 1.51. The second-order valence-corrected chi connectivity index (χ2v) is 7.74. The molecule has 0 fully saturated rings. The lowest BCUT2D eigenvalue weighted by atomic mass is 10.1. The quantitative estimate of drug-likeness (QED) is 0.446. The fourth-order valence-electron chi connectivity index (χ4n) is 3.52. The second kappa shape index (κ2) is 8.54. The summed E-state index contributed by atoms with van der Waals surface area (Å²) < 4.78 is 2.12. The van der Waals surface area contributed by atoms with Crippen LogP contribution < -0.4 is 5.32 Å². The zero-order valence-electron chi connectivity index (χ0n) is 16.4. The molecule has 1 heterocycles. The zero-order valence-corrected chi connectivity index (χ0v) is 17.1. The van der Waals surface area contributed by atoms with Gasteiger partial charge in [-0.2, -0.15) is 0 Å². The van der Waals surface area contributed by atoms with Crippen LogP contribution in [0.3, 0.4) is 0 Å². The van der Waals surface area contributed by atoms with Gasteiger partial charge in [0.05, 0.1) is 5.56 Å². The summed E-state index contributed by atoms with van der Waals surface area (Å²) in [4.78, 5) is 12.9. The van der Waals surface area contributed by atoms with E-state index >= 15 is 0 Å². The van der Waals surface area contributed by atoms with Crippen LogP contribution in [0, 0.1) is 6.92 Å². The molecule has 0 bridgehead atoms. The van der Waals surface area contributed by atoms with Crippen LogP contribution in [-0.4, -0.2) is 17.0 Å². The topological polar surface area (TPSA) is 34.0 Å². The van der Waals surface area contributed by atoms with Crippen LogP contribution in [0.1, 0.15) is 27.0 Å². The predicted molar refractivity (Wildman–Crippen MR) is 120 cm³/mol. The minimum Gasteiger partial charge on any atom is -0.352 e. The zero-order chi connectivity index (χ0) is 20.2. The summed E-state index contributed by atoms with van der Waals surface area (Å²) in [5, 5.41) is 4.76. The molecular weight excluding hydrogens is 380 g/mol. The third-order valence-corrected chi connectivity index (χ3v) is 5.37. The number of benzene rings is 3. The molecule has 3 aromatic carbocycles. The van der Waals surface area contributed by atoms with Crippen LogP contribution in [0.4, 0.5) is 0 Å². The predicted octanol–water partition coefficient (Wildman–Crippen LogP) is 5.62. The Bertz CT molecular complexity index is 1130. The van der Waals surface area contributed by atoms with Crippen molar-refractivity contribution in [3.05, 3.63) is 106 Å². The minimum atomic E-state index is -0.0387. The molecule has 3 nitrogen and oxygen atoms in total. The van der Waals surface area contributed by atoms with Gasteiger partial charge in [-0.05, 0) is 42.7 Å². The van der Waals surface area contributed by atoms with E-state index in [1.54, 1.807) is 0 Å². The molecule has 0 saturated carbocycles. The minimum absolute atomic E-state index is 0.0387. The fraction of sp³-hybridized carbons (Fsp3) is 0.160. The van der Waals surface area contributed by atoms with Crippen LogP contribution in [0.25, 0.3) is 10.9 Å².